The molecule has 128 valence electrons. The van der Waals surface area contributed by atoms with Gasteiger partial charge >= 0.3 is 0 Å². The topological polar surface area (TPSA) is 64.8 Å². The van der Waals surface area contributed by atoms with Gasteiger partial charge in [-0.15, -0.1) is 0 Å². The normalized spacial score (nSPS) is 13.9. The number of amides is 1. The van der Waals surface area contributed by atoms with Gasteiger partial charge in [0, 0.05) is 4.47 Å². The summed E-state index contributed by atoms with van der Waals surface area (Å²) in [6.07, 6.45) is 2.93. The standard InChI is InChI=1S/C17H13BrN2O4S/c18-11-3-4-13-15(8-11)25-17(19-13)20(9-12-2-1-5-23-12)16(21)14-10-22-6-7-24-14/h1-5,8,10H,6-7,9H2. The molecular formula is C17H13BrN2O4S. The Bertz CT molecular complexity index is 935. The minimum atomic E-state index is -0.311. The van der Waals surface area contributed by atoms with E-state index in [1.54, 1.807) is 12.3 Å². The summed E-state index contributed by atoms with van der Waals surface area (Å²) in [4.78, 5) is 19.1. The number of furan rings is 1. The highest BCUT2D eigenvalue weighted by Crippen LogP contribution is 2.32. The van der Waals surface area contributed by atoms with Crippen molar-refractivity contribution in [3.63, 3.8) is 0 Å². The van der Waals surface area contributed by atoms with E-state index < -0.39 is 0 Å². The Morgan fingerprint density at radius 3 is 3.00 bits per heavy atom. The largest absolute Gasteiger partial charge is 0.494 e. The lowest BCUT2D eigenvalue weighted by Gasteiger charge is -2.22. The van der Waals surface area contributed by atoms with E-state index in [0.717, 1.165) is 14.7 Å². The fourth-order valence-electron chi connectivity index (χ4n) is 2.40. The molecule has 2 aromatic heterocycles. The van der Waals surface area contributed by atoms with E-state index >= 15 is 0 Å². The predicted octanol–water partition coefficient (Wildman–Crippen LogP) is 4.07. The van der Waals surface area contributed by atoms with Crippen molar-refractivity contribution < 1.29 is 18.7 Å². The van der Waals surface area contributed by atoms with Crippen LogP contribution >= 0.6 is 27.3 Å². The number of rotatable bonds is 4. The predicted molar refractivity (Wildman–Crippen MR) is 97.2 cm³/mol. The molecule has 0 atom stereocenters. The van der Waals surface area contributed by atoms with Crippen LogP contribution in [-0.2, 0) is 20.8 Å². The van der Waals surface area contributed by atoms with Crippen molar-refractivity contribution in [2.45, 2.75) is 6.54 Å². The fourth-order valence-corrected chi connectivity index (χ4v) is 3.92. The smallest absolute Gasteiger partial charge is 0.298 e. The molecule has 1 aliphatic rings. The monoisotopic (exact) mass is 420 g/mol. The molecule has 0 saturated carbocycles. The second-order valence-electron chi connectivity index (χ2n) is 5.28. The van der Waals surface area contributed by atoms with Crippen LogP contribution in [0.25, 0.3) is 10.2 Å². The Hall–Kier alpha value is -2.32. The fraction of sp³-hybridized carbons (Fsp3) is 0.176. The number of carbonyl (C=O) groups excluding carboxylic acids is 1. The molecule has 0 unspecified atom stereocenters. The summed E-state index contributed by atoms with van der Waals surface area (Å²) in [7, 11) is 0. The number of halogens is 1. The molecule has 1 aromatic carbocycles. The highest BCUT2D eigenvalue weighted by atomic mass is 79.9. The van der Waals surface area contributed by atoms with E-state index in [0.29, 0.717) is 24.1 Å². The molecule has 1 aliphatic heterocycles. The minimum absolute atomic E-state index is 0.165. The number of nitrogens with zero attached hydrogens (tertiary/aromatic N) is 2. The lowest BCUT2D eigenvalue weighted by molar-refractivity contribution is -0.120. The number of hydrogen-bond donors (Lipinski definition) is 0. The van der Waals surface area contributed by atoms with Crippen molar-refractivity contribution in [1.82, 2.24) is 4.98 Å². The molecule has 0 N–H and O–H groups in total. The van der Waals surface area contributed by atoms with E-state index in [-0.39, 0.29) is 18.2 Å². The number of fused-ring (bicyclic) bond motifs is 1. The van der Waals surface area contributed by atoms with Crippen LogP contribution in [0.2, 0.25) is 0 Å². The maximum absolute atomic E-state index is 12.9. The highest BCUT2D eigenvalue weighted by molar-refractivity contribution is 9.10. The third kappa shape index (κ3) is 3.40. The molecule has 8 heteroatoms. The zero-order chi connectivity index (χ0) is 17.2. The van der Waals surface area contributed by atoms with Gasteiger partial charge in [0.05, 0.1) is 23.0 Å². The Kier molecular flexibility index (Phi) is 4.46. The summed E-state index contributed by atoms with van der Waals surface area (Å²) in [6, 6.07) is 9.41. The quantitative estimate of drug-likeness (QED) is 0.636. The van der Waals surface area contributed by atoms with Gasteiger partial charge in [-0.25, -0.2) is 4.98 Å². The third-order valence-electron chi connectivity index (χ3n) is 3.57. The van der Waals surface area contributed by atoms with E-state index in [1.807, 2.05) is 24.3 Å². The summed E-state index contributed by atoms with van der Waals surface area (Å²) in [5, 5.41) is 0.574. The molecule has 0 radical (unpaired) electrons. The Morgan fingerprint density at radius 2 is 2.24 bits per heavy atom. The molecule has 3 aromatic rings. The van der Waals surface area contributed by atoms with Crippen LogP contribution < -0.4 is 4.90 Å². The van der Waals surface area contributed by atoms with Crippen molar-refractivity contribution in [3.8, 4) is 0 Å². The summed E-state index contributed by atoms with van der Waals surface area (Å²) in [5.74, 6) is 0.513. The van der Waals surface area contributed by atoms with Gasteiger partial charge in [-0.2, -0.15) is 0 Å². The maximum Gasteiger partial charge on any atom is 0.298 e. The second-order valence-corrected chi connectivity index (χ2v) is 7.21. The Balaban J connectivity index is 1.72. The first-order valence-corrected chi connectivity index (χ1v) is 9.16. The molecule has 0 bridgehead atoms. The SMILES string of the molecule is O=C(C1=COCCO1)N(Cc1ccco1)c1nc2ccc(Br)cc2s1. The van der Waals surface area contributed by atoms with Gasteiger partial charge in [-0.05, 0) is 30.3 Å². The number of thiazole rings is 1. The molecular weight excluding hydrogens is 408 g/mol. The van der Waals surface area contributed by atoms with Crippen molar-refractivity contribution in [3.05, 3.63) is 58.8 Å². The molecule has 1 amide bonds. The number of benzene rings is 1. The second kappa shape index (κ2) is 6.89. The molecule has 0 fully saturated rings. The van der Waals surface area contributed by atoms with Gasteiger partial charge < -0.3 is 13.9 Å². The van der Waals surface area contributed by atoms with Gasteiger partial charge in [0.2, 0.25) is 5.76 Å². The van der Waals surface area contributed by atoms with Crippen molar-refractivity contribution in [2.24, 2.45) is 0 Å². The summed E-state index contributed by atoms with van der Waals surface area (Å²) >= 11 is 4.89. The Labute approximate surface area is 155 Å². The van der Waals surface area contributed by atoms with E-state index in [2.05, 4.69) is 20.9 Å². The van der Waals surface area contributed by atoms with Crippen LogP contribution in [0.4, 0.5) is 5.13 Å². The van der Waals surface area contributed by atoms with E-state index in [9.17, 15) is 4.79 Å². The molecule has 4 rings (SSSR count). The van der Waals surface area contributed by atoms with Crippen LogP contribution in [0.5, 0.6) is 0 Å². The number of carbonyl (C=O) groups is 1. The first-order chi connectivity index (χ1) is 12.2. The van der Waals surface area contributed by atoms with E-state index in [1.165, 1.54) is 22.5 Å². The van der Waals surface area contributed by atoms with Gasteiger partial charge in [0.25, 0.3) is 5.91 Å². The van der Waals surface area contributed by atoms with Crippen LogP contribution in [0.3, 0.4) is 0 Å². The Morgan fingerprint density at radius 1 is 1.32 bits per heavy atom. The molecule has 0 saturated heterocycles. The molecule has 0 aliphatic carbocycles. The first-order valence-electron chi connectivity index (χ1n) is 7.55. The van der Waals surface area contributed by atoms with Gasteiger partial charge in [0.15, 0.2) is 5.13 Å². The average molecular weight is 421 g/mol. The van der Waals surface area contributed by atoms with Gasteiger partial charge in [-0.3, -0.25) is 9.69 Å². The minimum Gasteiger partial charge on any atom is -0.494 e. The zero-order valence-electron chi connectivity index (χ0n) is 13.0. The first kappa shape index (κ1) is 16.2. The third-order valence-corrected chi connectivity index (χ3v) is 5.10. The van der Waals surface area contributed by atoms with Crippen molar-refractivity contribution in [1.29, 1.82) is 0 Å². The van der Waals surface area contributed by atoms with Crippen LogP contribution in [-0.4, -0.2) is 24.1 Å². The van der Waals surface area contributed by atoms with Crippen molar-refractivity contribution >= 4 is 48.5 Å². The zero-order valence-corrected chi connectivity index (χ0v) is 15.4. The molecule has 25 heavy (non-hydrogen) atoms. The summed E-state index contributed by atoms with van der Waals surface area (Å²) in [6.45, 7) is 1.04. The average Bonchev–Trinajstić information content (AvgIpc) is 3.28. The maximum atomic E-state index is 12.9. The molecule has 0 spiro atoms. The number of aromatic nitrogens is 1. The number of anilines is 1. The van der Waals surface area contributed by atoms with E-state index in [4.69, 9.17) is 13.9 Å². The highest BCUT2D eigenvalue weighted by Gasteiger charge is 2.27. The lowest BCUT2D eigenvalue weighted by atomic mass is 10.3. The van der Waals surface area contributed by atoms with Crippen LogP contribution in [0, 0.1) is 0 Å². The summed E-state index contributed by atoms with van der Waals surface area (Å²) < 4.78 is 18.0. The van der Waals surface area contributed by atoms with Crippen LogP contribution in [0.1, 0.15) is 5.76 Å². The van der Waals surface area contributed by atoms with Crippen LogP contribution in [0.15, 0.2) is 57.5 Å². The molecule has 3 heterocycles. The number of hydrogen-bond acceptors (Lipinski definition) is 6. The number of ether oxygens (including phenoxy) is 2. The molecule has 6 nitrogen and oxygen atoms in total. The summed E-state index contributed by atoms with van der Waals surface area (Å²) in [5.41, 5.74) is 0.829. The van der Waals surface area contributed by atoms with Gasteiger partial charge in [0.1, 0.15) is 25.2 Å². The van der Waals surface area contributed by atoms with Crippen molar-refractivity contribution in [2.75, 3.05) is 18.1 Å². The van der Waals surface area contributed by atoms with Gasteiger partial charge in [-0.1, -0.05) is 27.3 Å². The lowest BCUT2D eigenvalue weighted by Crippen LogP contribution is -2.33.